The first-order chi connectivity index (χ1) is 9.08. The van der Waals surface area contributed by atoms with Crippen molar-refractivity contribution in [3.63, 3.8) is 0 Å². The fourth-order valence-corrected chi connectivity index (χ4v) is 3.20. The molecule has 5 heteroatoms. The lowest BCUT2D eigenvalue weighted by Gasteiger charge is -2.26. The molecule has 0 aromatic carbocycles. The van der Waals surface area contributed by atoms with Crippen LogP contribution in [0.25, 0.3) is 0 Å². The van der Waals surface area contributed by atoms with Gasteiger partial charge in [-0.2, -0.15) is 0 Å². The highest BCUT2D eigenvalue weighted by atomic mass is 16.4. The Morgan fingerprint density at radius 2 is 1.84 bits per heavy atom. The SMILES string of the molecule is CCC1CC(C(=O)O)C(C(=O)N(CCO)C2CC2)C1. The minimum absolute atomic E-state index is 0.0517. The Bertz CT molecular complexity index is 353. The van der Waals surface area contributed by atoms with Crippen LogP contribution in [0.15, 0.2) is 0 Å². The summed E-state index contributed by atoms with van der Waals surface area (Å²) in [6.07, 6.45) is 4.18. The van der Waals surface area contributed by atoms with Gasteiger partial charge in [-0.3, -0.25) is 9.59 Å². The van der Waals surface area contributed by atoms with Gasteiger partial charge in [0.2, 0.25) is 5.91 Å². The summed E-state index contributed by atoms with van der Waals surface area (Å²) in [5, 5.41) is 18.4. The van der Waals surface area contributed by atoms with Crippen LogP contribution in [0.1, 0.15) is 39.0 Å². The lowest BCUT2D eigenvalue weighted by Crippen LogP contribution is -2.42. The third-order valence-corrected chi connectivity index (χ3v) is 4.48. The van der Waals surface area contributed by atoms with Gasteiger partial charge in [-0.25, -0.2) is 0 Å². The second kappa shape index (κ2) is 5.90. The van der Waals surface area contributed by atoms with E-state index in [0.717, 1.165) is 19.3 Å². The number of aliphatic carboxylic acids is 1. The molecule has 0 saturated heterocycles. The second-order valence-electron chi connectivity index (χ2n) is 5.78. The maximum Gasteiger partial charge on any atom is 0.307 e. The van der Waals surface area contributed by atoms with E-state index in [2.05, 4.69) is 0 Å². The maximum atomic E-state index is 12.5. The minimum Gasteiger partial charge on any atom is -0.481 e. The number of carbonyl (C=O) groups is 2. The van der Waals surface area contributed by atoms with Gasteiger partial charge in [-0.05, 0) is 31.6 Å². The Hall–Kier alpha value is -1.10. The molecule has 19 heavy (non-hydrogen) atoms. The van der Waals surface area contributed by atoms with E-state index in [9.17, 15) is 14.7 Å². The summed E-state index contributed by atoms with van der Waals surface area (Å²) in [5.41, 5.74) is 0. The molecular formula is C14H23NO4. The monoisotopic (exact) mass is 269 g/mol. The van der Waals surface area contributed by atoms with Crippen LogP contribution >= 0.6 is 0 Å². The highest BCUT2D eigenvalue weighted by Gasteiger charge is 2.45. The molecule has 0 aromatic heterocycles. The number of hydrogen-bond donors (Lipinski definition) is 2. The largest absolute Gasteiger partial charge is 0.481 e. The van der Waals surface area contributed by atoms with Crippen molar-refractivity contribution < 1.29 is 19.8 Å². The quantitative estimate of drug-likeness (QED) is 0.757. The summed E-state index contributed by atoms with van der Waals surface area (Å²) < 4.78 is 0. The average molecular weight is 269 g/mol. The van der Waals surface area contributed by atoms with E-state index in [0.29, 0.717) is 25.3 Å². The molecule has 1 amide bonds. The molecule has 0 bridgehead atoms. The molecule has 2 fully saturated rings. The van der Waals surface area contributed by atoms with E-state index in [1.165, 1.54) is 0 Å². The molecule has 0 heterocycles. The van der Waals surface area contributed by atoms with Crippen LogP contribution in [0.4, 0.5) is 0 Å². The molecule has 5 nitrogen and oxygen atoms in total. The van der Waals surface area contributed by atoms with Crippen LogP contribution in [0.5, 0.6) is 0 Å². The lowest BCUT2D eigenvalue weighted by atomic mass is 9.94. The second-order valence-corrected chi connectivity index (χ2v) is 5.78. The van der Waals surface area contributed by atoms with Crippen LogP contribution in [0.3, 0.4) is 0 Å². The van der Waals surface area contributed by atoms with Crippen LogP contribution in [0, 0.1) is 17.8 Å². The van der Waals surface area contributed by atoms with Crippen LogP contribution in [-0.2, 0) is 9.59 Å². The van der Waals surface area contributed by atoms with Crippen molar-refractivity contribution in [2.75, 3.05) is 13.2 Å². The number of rotatable bonds is 6. The Kier molecular flexibility index (Phi) is 4.45. The Morgan fingerprint density at radius 1 is 1.21 bits per heavy atom. The molecule has 2 aliphatic carbocycles. The highest BCUT2D eigenvalue weighted by Crippen LogP contribution is 2.41. The third-order valence-electron chi connectivity index (χ3n) is 4.48. The Labute approximate surface area is 113 Å². The van der Waals surface area contributed by atoms with Gasteiger partial charge in [0.1, 0.15) is 0 Å². The molecular weight excluding hydrogens is 246 g/mol. The zero-order valence-corrected chi connectivity index (χ0v) is 11.4. The smallest absolute Gasteiger partial charge is 0.307 e. The first-order valence-corrected chi connectivity index (χ1v) is 7.22. The van der Waals surface area contributed by atoms with Crippen molar-refractivity contribution in [3.05, 3.63) is 0 Å². The zero-order valence-electron chi connectivity index (χ0n) is 11.4. The fourth-order valence-electron chi connectivity index (χ4n) is 3.20. The first-order valence-electron chi connectivity index (χ1n) is 7.22. The normalized spacial score (nSPS) is 30.3. The Morgan fingerprint density at radius 3 is 2.32 bits per heavy atom. The summed E-state index contributed by atoms with van der Waals surface area (Å²) >= 11 is 0. The van der Waals surface area contributed by atoms with Gasteiger partial charge in [0.15, 0.2) is 0 Å². The van der Waals surface area contributed by atoms with Gasteiger partial charge >= 0.3 is 5.97 Å². The number of hydrogen-bond acceptors (Lipinski definition) is 3. The van der Waals surface area contributed by atoms with Gasteiger partial charge < -0.3 is 15.1 Å². The van der Waals surface area contributed by atoms with Gasteiger partial charge in [-0.1, -0.05) is 13.3 Å². The predicted octanol–water partition coefficient (Wildman–Crippen LogP) is 1.11. The van der Waals surface area contributed by atoms with Crippen molar-refractivity contribution in [3.8, 4) is 0 Å². The summed E-state index contributed by atoms with van der Waals surface area (Å²) in [6.45, 7) is 2.33. The van der Waals surface area contributed by atoms with Gasteiger partial charge in [0.25, 0.3) is 0 Å². The number of carboxylic acid groups (broad SMARTS) is 1. The molecule has 2 N–H and O–H groups in total. The van der Waals surface area contributed by atoms with Crippen molar-refractivity contribution in [2.24, 2.45) is 17.8 Å². The van der Waals surface area contributed by atoms with E-state index in [-0.39, 0.29) is 18.6 Å². The minimum atomic E-state index is -0.853. The summed E-state index contributed by atoms with van der Waals surface area (Å²) in [5.74, 6) is -1.51. The predicted molar refractivity (Wildman–Crippen MR) is 69.5 cm³/mol. The molecule has 2 rings (SSSR count). The number of carbonyl (C=O) groups excluding carboxylic acids is 1. The molecule has 0 spiro atoms. The topological polar surface area (TPSA) is 77.8 Å². The van der Waals surface area contributed by atoms with E-state index in [1.807, 2.05) is 6.92 Å². The van der Waals surface area contributed by atoms with Gasteiger partial charge in [0.05, 0.1) is 18.4 Å². The highest BCUT2D eigenvalue weighted by molar-refractivity contribution is 5.85. The Balaban J connectivity index is 2.08. The van der Waals surface area contributed by atoms with E-state index >= 15 is 0 Å². The molecule has 108 valence electrons. The first kappa shape index (κ1) is 14.3. The number of aliphatic hydroxyl groups excluding tert-OH is 1. The summed E-state index contributed by atoms with van der Waals surface area (Å²) in [4.78, 5) is 25.6. The van der Waals surface area contributed by atoms with Crippen molar-refractivity contribution in [1.29, 1.82) is 0 Å². The number of amides is 1. The zero-order chi connectivity index (χ0) is 14.0. The van der Waals surface area contributed by atoms with Crippen molar-refractivity contribution in [1.82, 2.24) is 4.90 Å². The summed E-state index contributed by atoms with van der Waals surface area (Å²) in [7, 11) is 0. The third kappa shape index (κ3) is 3.08. The van der Waals surface area contributed by atoms with E-state index < -0.39 is 17.8 Å². The molecule has 0 aliphatic heterocycles. The fraction of sp³-hybridized carbons (Fsp3) is 0.857. The number of carboxylic acids is 1. The number of aliphatic hydroxyl groups is 1. The lowest BCUT2D eigenvalue weighted by molar-refractivity contribution is -0.149. The maximum absolute atomic E-state index is 12.5. The molecule has 2 saturated carbocycles. The molecule has 0 radical (unpaired) electrons. The van der Waals surface area contributed by atoms with E-state index in [1.54, 1.807) is 4.90 Å². The van der Waals surface area contributed by atoms with Crippen molar-refractivity contribution >= 4 is 11.9 Å². The average Bonchev–Trinajstić information content (AvgIpc) is 3.12. The van der Waals surface area contributed by atoms with Crippen molar-refractivity contribution in [2.45, 2.75) is 45.1 Å². The standard InChI is InChI=1S/C14H23NO4/c1-2-9-7-11(12(8-9)14(18)19)13(17)15(5-6-16)10-3-4-10/h9-12,16H,2-8H2,1H3,(H,18,19). The van der Waals surface area contributed by atoms with E-state index in [4.69, 9.17) is 5.11 Å². The van der Waals surface area contributed by atoms with Gasteiger partial charge in [0, 0.05) is 12.6 Å². The van der Waals surface area contributed by atoms with Crippen LogP contribution in [-0.4, -0.2) is 46.2 Å². The molecule has 3 atom stereocenters. The molecule has 0 aromatic rings. The van der Waals surface area contributed by atoms with Gasteiger partial charge in [-0.15, -0.1) is 0 Å². The molecule has 2 aliphatic rings. The summed E-state index contributed by atoms with van der Waals surface area (Å²) in [6, 6.07) is 0.231. The molecule has 3 unspecified atom stereocenters. The van der Waals surface area contributed by atoms with Crippen LogP contribution in [0.2, 0.25) is 0 Å². The number of nitrogens with zero attached hydrogens (tertiary/aromatic N) is 1. The van der Waals surface area contributed by atoms with Crippen LogP contribution < -0.4 is 0 Å².